The third-order valence-corrected chi connectivity index (χ3v) is 8.23. The third-order valence-electron chi connectivity index (χ3n) is 6.02. The lowest BCUT2D eigenvalue weighted by Gasteiger charge is -2.26. The number of aromatic nitrogens is 3. The number of carbonyl (C=O) groups is 1. The van der Waals surface area contributed by atoms with Gasteiger partial charge in [0.05, 0.1) is 16.1 Å². The molecule has 0 radical (unpaired) electrons. The first-order valence-electron chi connectivity index (χ1n) is 13.1. The Hall–Kier alpha value is -3.48. The fourth-order valence-corrected chi connectivity index (χ4v) is 6.52. The van der Waals surface area contributed by atoms with Crippen LogP contribution in [-0.4, -0.2) is 73.4 Å². The molecule has 4 rings (SSSR count). The van der Waals surface area contributed by atoms with Crippen molar-refractivity contribution in [1.29, 1.82) is 0 Å². The Labute approximate surface area is 249 Å². The molecule has 12 heteroatoms. The molecule has 41 heavy (non-hydrogen) atoms. The summed E-state index contributed by atoms with van der Waals surface area (Å²) in [5.41, 5.74) is 1.15. The van der Waals surface area contributed by atoms with Gasteiger partial charge in [0.1, 0.15) is 18.0 Å². The molecule has 2 aromatic heterocycles. The Morgan fingerprint density at radius 3 is 2.44 bits per heavy atom. The molecule has 0 spiro atoms. The molecule has 0 amide bonds. The van der Waals surface area contributed by atoms with E-state index >= 15 is 0 Å². The lowest BCUT2D eigenvalue weighted by atomic mass is 10.2. The maximum Gasteiger partial charge on any atom is 0.327 e. The number of aryl methyl sites for hydroxylation is 1. The van der Waals surface area contributed by atoms with Gasteiger partial charge in [0.2, 0.25) is 0 Å². The molecule has 10 nitrogen and oxygen atoms in total. The van der Waals surface area contributed by atoms with Crippen molar-refractivity contribution in [3.63, 3.8) is 0 Å². The Morgan fingerprint density at radius 1 is 1.05 bits per heavy atom. The molecule has 0 saturated heterocycles. The van der Waals surface area contributed by atoms with Gasteiger partial charge in [-0.15, -0.1) is 10.2 Å². The van der Waals surface area contributed by atoms with Crippen LogP contribution in [0.5, 0.6) is 0 Å². The van der Waals surface area contributed by atoms with E-state index < -0.39 is 28.1 Å². The minimum atomic E-state index is -4.12. The third kappa shape index (κ3) is 7.63. The summed E-state index contributed by atoms with van der Waals surface area (Å²) in [6, 6.07) is 15.7. The number of hydrogen-bond donors (Lipinski definition) is 1. The van der Waals surface area contributed by atoms with Crippen LogP contribution in [0.2, 0.25) is 0 Å². The van der Waals surface area contributed by atoms with Crippen LogP contribution in [0.1, 0.15) is 26.3 Å². The molecule has 0 saturated carbocycles. The number of carbonyl (C=O) groups excluding carboxylic acids is 1. The second kappa shape index (κ2) is 12.2. The van der Waals surface area contributed by atoms with Gasteiger partial charge in [-0.25, -0.2) is 8.42 Å². The highest BCUT2D eigenvalue weighted by atomic mass is 79.9. The largest absolute Gasteiger partial charge is 0.459 e. The number of rotatable bonds is 10. The molecule has 0 aliphatic rings. The van der Waals surface area contributed by atoms with E-state index in [0.717, 1.165) is 33.9 Å². The van der Waals surface area contributed by atoms with Gasteiger partial charge >= 0.3 is 5.97 Å². The van der Waals surface area contributed by atoms with Crippen LogP contribution in [0.25, 0.3) is 16.7 Å². The highest BCUT2D eigenvalue weighted by Gasteiger charge is 2.30. The maximum absolute atomic E-state index is 13.9. The molecule has 0 bridgehead atoms. The number of halogens is 1. The van der Waals surface area contributed by atoms with Crippen LogP contribution in [0.4, 0.5) is 11.5 Å². The molecule has 4 aromatic rings. The van der Waals surface area contributed by atoms with Crippen LogP contribution >= 0.6 is 15.9 Å². The first kappa shape index (κ1) is 30.5. The zero-order chi connectivity index (χ0) is 29.9. The topological polar surface area (TPSA) is 110 Å². The van der Waals surface area contributed by atoms with Crippen LogP contribution in [0, 0.1) is 6.92 Å². The van der Waals surface area contributed by atoms with E-state index in [1.165, 1.54) is 6.07 Å². The van der Waals surface area contributed by atoms with Crippen molar-refractivity contribution in [2.45, 2.75) is 38.2 Å². The molecule has 0 atom stereocenters. The standard InChI is InChI=1S/C29H35BrN6O4S/c1-20-15-22(30)18-24(16-20)41(38,39)36(19-28(37)40-29(2,3)4)23-7-8-25-21(17-23)11-13-35(25)27-10-9-26(32-33-27)31-12-14-34(5)6/h7-11,13,15-18H,12,14,19H2,1-6H3,(H,31,32). The highest BCUT2D eigenvalue weighted by molar-refractivity contribution is 9.10. The number of benzene rings is 2. The van der Waals surface area contributed by atoms with Crippen LogP contribution in [0.15, 0.2) is 70.2 Å². The zero-order valence-electron chi connectivity index (χ0n) is 24.1. The van der Waals surface area contributed by atoms with Crippen molar-refractivity contribution >= 4 is 54.3 Å². The van der Waals surface area contributed by atoms with Crippen LogP contribution in [0.3, 0.4) is 0 Å². The lowest BCUT2D eigenvalue weighted by Crippen LogP contribution is -2.39. The predicted molar refractivity (Wildman–Crippen MR) is 165 cm³/mol. The van der Waals surface area contributed by atoms with Crippen molar-refractivity contribution in [2.24, 2.45) is 0 Å². The predicted octanol–water partition coefficient (Wildman–Crippen LogP) is 5.00. The monoisotopic (exact) mass is 642 g/mol. The summed E-state index contributed by atoms with van der Waals surface area (Å²) in [5, 5.41) is 12.7. The van der Waals surface area contributed by atoms with Gasteiger partial charge in [-0.2, -0.15) is 0 Å². The summed E-state index contributed by atoms with van der Waals surface area (Å²) in [5.74, 6) is 0.647. The van der Waals surface area contributed by atoms with Crippen molar-refractivity contribution in [3.05, 3.63) is 70.8 Å². The van der Waals surface area contributed by atoms with Gasteiger partial charge in [0.15, 0.2) is 5.82 Å². The quantitative estimate of drug-likeness (QED) is 0.241. The van der Waals surface area contributed by atoms with E-state index in [-0.39, 0.29) is 4.90 Å². The zero-order valence-corrected chi connectivity index (χ0v) is 26.5. The summed E-state index contributed by atoms with van der Waals surface area (Å²) in [6.07, 6.45) is 1.85. The average Bonchev–Trinajstić information content (AvgIpc) is 3.29. The first-order valence-corrected chi connectivity index (χ1v) is 15.3. The Kier molecular flexibility index (Phi) is 9.05. The maximum atomic E-state index is 13.9. The molecule has 0 fully saturated rings. The van der Waals surface area contributed by atoms with Crippen molar-refractivity contribution < 1.29 is 17.9 Å². The molecule has 1 N–H and O–H groups in total. The Bertz CT molecular complexity index is 1630. The highest BCUT2D eigenvalue weighted by Crippen LogP contribution is 2.30. The number of nitrogens with one attached hydrogen (secondary N) is 1. The summed E-state index contributed by atoms with van der Waals surface area (Å²) < 4.78 is 36.9. The number of esters is 1. The summed E-state index contributed by atoms with van der Waals surface area (Å²) in [4.78, 5) is 15.0. The van der Waals surface area contributed by atoms with E-state index in [1.807, 2.05) is 56.0 Å². The Balaban J connectivity index is 1.68. The molecule has 0 unspecified atom stereocenters. The Morgan fingerprint density at radius 2 is 1.80 bits per heavy atom. The molecule has 218 valence electrons. The molecular weight excluding hydrogens is 608 g/mol. The van der Waals surface area contributed by atoms with Crippen molar-refractivity contribution in [3.8, 4) is 5.82 Å². The van der Waals surface area contributed by atoms with Gasteiger partial charge in [-0.3, -0.25) is 13.7 Å². The minimum Gasteiger partial charge on any atom is -0.459 e. The fourth-order valence-electron chi connectivity index (χ4n) is 4.23. The summed E-state index contributed by atoms with van der Waals surface area (Å²) >= 11 is 3.39. The minimum absolute atomic E-state index is 0.0696. The first-order chi connectivity index (χ1) is 19.2. The number of anilines is 2. The van der Waals surface area contributed by atoms with Crippen LogP contribution in [-0.2, 0) is 19.6 Å². The van der Waals surface area contributed by atoms with E-state index in [0.29, 0.717) is 21.8 Å². The van der Waals surface area contributed by atoms with Gasteiger partial charge < -0.3 is 15.0 Å². The average molecular weight is 644 g/mol. The van der Waals surface area contributed by atoms with Gasteiger partial charge in [0.25, 0.3) is 10.0 Å². The van der Waals surface area contributed by atoms with Gasteiger partial charge in [0, 0.05) is 29.1 Å². The van der Waals surface area contributed by atoms with E-state index in [1.54, 1.807) is 45.0 Å². The summed E-state index contributed by atoms with van der Waals surface area (Å²) in [7, 11) is -0.105. The van der Waals surface area contributed by atoms with Crippen molar-refractivity contribution in [2.75, 3.05) is 43.4 Å². The molecule has 2 heterocycles. The molecule has 0 aliphatic heterocycles. The SMILES string of the molecule is Cc1cc(Br)cc(S(=O)(=O)N(CC(=O)OC(C)(C)C)c2ccc3c(ccn3-c3ccc(NCCN(C)C)nn3)c2)c1. The number of hydrogen-bond acceptors (Lipinski definition) is 8. The number of likely N-dealkylation sites (N-methyl/N-ethyl adjacent to an activating group) is 1. The second-order valence-corrected chi connectivity index (χ2v) is 13.8. The van der Waals surface area contributed by atoms with E-state index in [2.05, 4.69) is 36.3 Å². The fraction of sp³-hybridized carbons (Fsp3) is 0.345. The number of ether oxygens (including phenoxy) is 1. The smallest absolute Gasteiger partial charge is 0.327 e. The number of sulfonamides is 1. The summed E-state index contributed by atoms with van der Waals surface area (Å²) in [6.45, 7) is 8.17. The number of fused-ring (bicyclic) bond motifs is 1. The van der Waals surface area contributed by atoms with Gasteiger partial charge in [-0.05, 0) is 102 Å². The molecular formula is C29H35BrN6O4S. The number of nitrogens with zero attached hydrogens (tertiary/aromatic N) is 5. The molecule has 0 aliphatic carbocycles. The lowest BCUT2D eigenvalue weighted by molar-refractivity contribution is -0.152. The van der Waals surface area contributed by atoms with E-state index in [4.69, 9.17) is 4.74 Å². The molecule has 2 aromatic carbocycles. The van der Waals surface area contributed by atoms with Crippen LogP contribution < -0.4 is 9.62 Å². The van der Waals surface area contributed by atoms with Gasteiger partial charge in [-0.1, -0.05) is 15.9 Å². The van der Waals surface area contributed by atoms with Crippen molar-refractivity contribution in [1.82, 2.24) is 19.7 Å². The normalized spacial score (nSPS) is 12.1. The second-order valence-electron chi connectivity index (χ2n) is 11.0. The van der Waals surface area contributed by atoms with E-state index in [9.17, 15) is 13.2 Å².